The second kappa shape index (κ2) is 3.85. The van der Waals surface area contributed by atoms with Crippen molar-refractivity contribution in [2.75, 3.05) is 13.6 Å². The fourth-order valence-electron chi connectivity index (χ4n) is 1.76. The van der Waals surface area contributed by atoms with E-state index in [0.29, 0.717) is 11.4 Å². The molecule has 0 amide bonds. The highest BCUT2D eigenvalue weighted by molar-refractivity contribution is 7.17. The maximum atomic E-state index is 11.7. The van der Waals surface area contributed by atoms with Crippen molar-refractivity contribution < 1.29 is 4.79 Å². The fourth-order valence-corrected chi connectivity index (χ4v) is 2.35. The average Bonchev–Trinajstić information content (AvgIpc) is 2.28. The molecule has 0 aromatic heterocycles. The number of nitrogens with zero attached hydrogens (tertiary/aromatic N) is 1. The first kappa shape index (κ1) is 10.1. The molecule has 3 heteroatoms. The van der Waals surface area contributed by atoms with Crippen molar-refractivity contribution in [1.29, 1.82) is 0 Å². The van der Waals surface area contributed by atoms with Crippen LogP contribution in [0.5, 0.6) is 0 Å². The van der Waals surface area contributed by atoms with Gasteiger partial charge in [0, 0.05) is 12.5 Å². The molecule has 0 aromatic rings. The van der Waals surface area contributed by atoms with Gasteiger partial charge in [0.25, 0.3) is 0 Å². The minimum absolute atomic E-state index is 0.174. The topological polar surface area (TPSA) is 20.3 Å². The van der Waals surface area contributed by atoms with Gasteiger partial charge in [-0.1, -0.05) is 13.8 Å². The van der Waals surface area contributed by atoms with Crippen LogP contribution in [0.15, 0.2) is 0 Å². The Kier molecular flexibility index (Phi) is 3.25. The Labute approximate surface area is 76.9 Å². The van der Waals surface area contributed by atoms with E-state index in [0.717, 1.165) is 13.0 Å². The number of rotatable bonds is 2. The lowest BCUT2D eigenvalue weighted by Crippen LogP contribution is -2.35. The number of carbonyl (C=O) groups is 1. The molecule has 0 radical (unpaired) electrons. The first-order valence-corrected chi connectivity index (χ1v) is 5.18. The third kappa shape index (κ3) is 2.05. The highest BCUT2D eigenvalue weighted by atomic mass is 31.0. The second-order valence-corrected chi connectivity index (χ2v) is 4.95. The maximum absolute atomic E-state index is 11.7. The molecule has 1 rings (SSSR count). The number of likely N-dealkylation sites (tertiary alicyclic amines) is 1. The number of likely N-dealkylation sites (N-methyl/N-ethyl adjacent to an activating group) is 1. The van der Waals surface area contributed by atoms with Gasteiger partial charge in [-0.25, -0.2) is 0 Å². The normalized spacial score (nSPS) is 31.4. The summed E-state index contributed by atoms with van der Waals surface area (Å²) in [5.41, 5.74) is 0.600. The van der Waals surface area contributed by atoms with Crippen molar-refractivity contribution in [2.24, 2.45) is 5.92 Å². The van der Waals surface area contributed by atoms with Gasteiger partial charge in [-0.15, -0.1) is 9.24 Å². The van der Waals surface area contributed by atoms with Crippen LogP contribution in [0.4, 0.5) is 0 Å². The molecule has 0 aromatic carbocycles. The van der Waals surface area contributed by atoms with Crippen LogP contribution in [-0.2, 0) is 4.79 Å². The fraction of sp³-hybridized carbons (Fsp3) is 0.889. The van der Waals surface area contributed by atoms with Crippen LogP contribution < -0.4 is 0 Å². The molecule has 2 nitrogen and oxygen atoms in total. The summed E-state index contributed by atoms with van der Waals surface area (Å²) in [6, 6.07) is 0.174. The summed E-state index contributed by atoms with van der Waals surface area (Å²) in [4.78, 5) is 13.8. The summed E-state index contributed by atoms with van der Waals surface area (Å²) in [6.45, 7) is 4.99. The van der Waals surface area contributed by atoms with Gasteiger partial charge < -0.3 is 0 Å². The number of ketones is 1. The summed E-state index contributed by atoms with van der Waals surface area (Å²) in [7, 11) is 4.84. The molecule has 0 aliphatic carbocycles. The summed E-state index contributed by atoms with van der Waals surface area (Å²) in [5, 5.41) is 0. The van der Waals surface area contributed by atoms with Crippen LogP contribution in [0.25, 0.3) is 0 Å². The van der Waals surface area contributed by atoms with Crippen molar-refractivity contribution in [2.45, 2.75) is 32.0 Å². The molecular formula is C9H18NOP. The van der Waals surface area contributed by atoms with Crippen molar-refractivity contribution in [1.82, 2.24) is 4.90 Å². The Bertz CT molecular complexity index is 181. The van der Waals surface area contributed by atoms with Gasteiger partial charge in [-0.05, 0) is 19.1 Å². The average molecular weight is 187 g/mol. The van der Waals surface area contributed by atoms with Crippen LogP contribution in [-0.4, -0.2) is 36.0 Å². The van der Waals surface area contributed by atoms with Gasteiger partial charge in [0.2, 0.25) is 0 Å². The summed E-state index contributed by atoms with van der Waals surface area (Å²) in [5.74, 6) is 0.565. The van der Waals surface area contributed by atoms with Gasteiger partial charge >= 0.3 is 0 Å². The Balaban J connectivity index is 2.58. The second-order valence-electron chi connectivity index (χ2n) is 4.01. The lowest BCUT2D eigenvalue weighted by molar-refractivity contribution is -0.125. The largest absolute Gasteiger partial charge is 0.298 e. The zero-order valence-corrected chi connectivity index (χ0v) is 9.23. The summed E-state index contributed by atoms with van der Waals surface area (Å²) in [6.07, 6.45) is 1.01. The van der Waals surface area contributed by atoms with E-state index in [1.807, 2.05) is 20.9 Å². The van der Waals surface area contributed by atoms with Gasteiger partial charge in [-0.3, -0.25) is 9.69 Å². The van der Waals surface area contributed by atoms with Crippen molar-refractivity contribution in [3.63, 3.8) is 0 Å². The van der Waals surface area contributed by atoms with Gasteiger partial charge in [0.05, 0.1) is 6.04 Å². The number of hydrogen-bond acceptors (Lipinski definition) is 2. The third-order valence-corrected chi connectivity index (χ3v) is 2.96. The predicted octanol–water partition coefficient (Wildman–Crippen LogP) is 1.16. The van der Waals surface area contributed by atoms with E-state index in [1.54, 1.807) is 0 Å². The first-order chi connectivity index (χ1) is 5.52. The molecule has 2 unspecified atom stereocenters. The van der Waals surface area contributed by atoms with Crippen LogP contribution >= 0.6 is 9.24 Å². The highest BCUT2D eigenvalue weighted by Gasteiger charge is 2.32. The van der Waals surface area contributed by atoms with E-state index < -0.39 is 0 Å². The van der Waals surface area contributed by atoms with E-state index in [2.05, 4.69) is 14.1 Å². The van der Waals surface area contributed by atoms with Gasteiger partial charge in [0.15, 0.2) is 5.78 Å². The predicted molar refractivity (Wildman–Crippen MR) is 54.4 cm³/mol. The minimum atomic E-state index is 0.174. The Hall–Kier alpha value is 0.0600. The molecule has 70 valence electrons. The number of hydrogen-bond donors (Lipinski definition) is 0. The van der Waals surface area contributed by atoms with Crippen LogP contribution in [0, 0.1) is 5.92 Å². The molecule has 1 aliphatic rings. The molecule has 1 saturated heterocycles. The molecular weight excluding hydrogens is 169 g/mol. The van der Waals surface area contributed by atoms with E-state index >= 15 is 0 Å². The SMILES string of the molecule is CC(C)C(=O)[C@@H]1CC(P)CN1C. The van der Waals surface area contributed by atoms with Crippen LogP contribution in [0.1, 0.15) is 20.3 Å². The van der Waals surface area contributed by atoms with Crippen LogP contribution in [0.3, 0.4) is 0 Å². The first-order valence-electron chi connectivity index (χ1n) is 4.52. The van der Waals surface area contributed by atoms with Crippen molar-refractivity contribution in [3.8, 4) is 0 Å². The van der Waals surface area contributed by atoms with Gasteiger partial charge in [-0.2, -0.15) is 0 Å². The molecule has 0 N–H and O–H groups in total. The quantitative estimate of drug-likeness (QED) is 0.605. The molecule has 0 saturated carbocycles. The zero-order chi connectivity index (χ0) is 9.30. The van der Waals surface area contributed by atoms with E-state index in [1.165, 1.54) is 0 Å². The summed E-state index contributed by atoms with van der Waals surface area (Å²) >= 11 is 0. The molecule has 0 bridgehead atoms. The van der Waals surface area contributed by atoms with Crippen molar-refractivity contribution >= 4 is 15.0 Å². The zero-order valence-electron chi connectivity index (χ0n) is 8.08. The highest BCUT2D eigenvalue weighted by Crippen LogP contribution is 2.24. The smallest absolute Gasteiger partial charge is 0.152 e. The maximum Gasteiger partial charge on any atom is 0.152 e. The lowest BCUT2D eigenvalue weighted by Gasteiger charge is -2.19. The minimum Gasteiger partial charge on any atom is -0.298 e. The standard InChI is InChI=1S/C9H18NOP/c1-6(2)9(11)8-4-7(12)5-10(8)3/h6-8H,4-5,12H2,1-3H3/t7?,8-/m0/s1. The van der Waals surface area contributed by atoms with Crippen molar-refractivity contribution in [3.05, 3.63) is 0 Å². The monoisotopic (exact) mass is 187 g/mol. The molecule has 1 aliphatic heterocycles. The van der Waals surface area contributed by atoms with Gasteiger partial charge in [0.1, 0.15) is 0 Å². The van der Waals surface area contributed by atoms with E-state index in [4.69, 9.17) is 0 Å². The lowest BCUT2D eigenvalue weighted by atomic mass is 10.0. The molecule has 1 fully saturated rings. The van der Waals surface area contributed by atoms with E-state index in [-0.39, 0.29) is 12.0 Å². The molecule has 0 spiro atoms. The third-order valence-electron chi connectivity index (χ3n) is 2.48. The molecule has 3 atom stereocenters. The van der Waals surface area contributed by atoms with Crippen LogP contribution in [0.2, 0.25) is 0 Å². The Morgan fingerprint density at radius 1 is 1.58 bits per heavy atom. The molecule has 1 heterocycles. The Morgan fingerprint density at radius 3 is 2.50 bits per heavy atom. The summed E-state index contributed by atoms with van der Waals surface area (Å²) < 4.78 is 0. The number of carbonyl (C=O) groups excluding carboxylic acids is 1. The van der Waals surface area contributed by atoms with E-state index in [9.17, 15) is 4.79 Å². The number of Topliss-reactive ketones (excluding diaryl/α,β-unsaturated/α-hetero) is 1. The Morgan fingerprint density at radius 2 is 2.17 bits per heavy atom. The molecule has 12 heavy (non-hydrogen) atoms.